The van der Waals surface area contributed by atoms with Gasteiger partial charge < -0.3 is 0 Å². The fourth-order valence-corrected chi connectivity index (χ4v) is 5.11. The van der Waals surface area contributed by atoms with Crippen molar-refractivity contribution in [3.63, 3.8) is 0 Å². The number of rotatable bonds is 1. The Labute approximate surface area is 134 Å². The van der Waals surface area contributed by atoms with Gasteiger partial charge >= 0.3 is 0 Å². The third-order valence-electron chi connectivity index (χ3n) is 5.33. The van der Waals surface area contributed by atoms with Gasteiger partial charge in [-0.2, -0.15) is 0 Å². The van der Waals surface area contributed by atoms with Gasteiger partial charge in [-0.1, -0.05) is 29.3 Å². The maximum Gasteiger partial charge on any atom is 0.151 e. The average Bonchev–Trinajstić information content (AvgIpc) is 2.64. The summed E-state index contributed by atoms with van der Waals surface area (Å²) in [6.45, 7) is 6.13. The SMILES string of the molecule is Cc1cc(Br)cc(C)c1C1C(=O)C2CCCC(C)C2C1=O. The van der Waals surface area contributed by atoms with Gasteiger partial charge in [0.15, 0.2) is 11.6 Å². The van der Waals surface area contributed by atoms with Crippen LogP contribution in [0.3, 0.4) is 0 Å². The first-order valence-corrected chi connectivity index (χ1v) is 8.55. The molecule has 1 aromatic carbocycles. The van der Waals surface area contributed by atoms with E-state index in [4.69, 9.17) is 0 Å². The fourth-order valence-electron chi connectivity index (χ4n) is 4.42. The lowest BCUT2D eigenvalue weighted by Gasteiger charge is -2.28. The molecule has 0 heterocycles. The van der Waals surface area contributed by atoms with E-state index in [0.29, 0.717) is 5.92 Å². The molecule has 0 N–H and O–H groups in total. The molecule has 4 unspecified atom stereocenters. The van der Waals surface area contributed by atoms with Gasteiger partial charge in [0.1, 0.15) is 5.92 Å². The van der Waals surface area contributed by atoms with Crippen molar-refractivity contribution >= 4 is 27.5 Å². The number of hydrogen-bond donors (Lipinski definition) is 0. The Balaban J connectivity index is 2.08. The number of Topliss-reactive ketones (excluding diaryl/α,β-unsaturated/α-hetero) is 2. The van der Waals surface area contributed by atoms with E-state index in [1.54, 1.807) is 0 Å². The molecule has 4 atom stereocenters. The summed E-state index contributed by atoms with van der Waals surface area (Å²) in [5.74, 6) is 0.0955. The lowest BCUT2D eigenvalue weighted by atomic mass is 9.74. The first-order chi connectivity index (χ1) is 9.91. The molecular weight excluding hydrogens is 328 g/mol. The van der Waals surface area contributed by atoms with Crippen molar-refractivity contribution in [2.45, 2.75) is 46.0 Å². The predicted molar refractivity (Wildman–Crippen MR) is 86.4 cm³/mol. The van der Waals surface area contributed by atoms with Crippen LogP contribution in [0.15, 0.2) is 16.6 Å². The molecule has 0 amide bonds. The van der Waals surface area contributed by atoms with E-state index < -0.39 is 5.92 Å². The third kappa shape index (κ3) is 2.30. The molecule has 0 spiro atoms. The van der Waals surface area contributed by atoms with Gasteiger partial charge in [0.25, 0.3) is 0 Å². The van der Waals surface area contributed by atoms with Crippen LogP contribution in [0.25, 0.3) is 0 Å². The minimum Gasteiger partial charge on any atom is -0.298 e. The Hall–Kier alpha value is -0.960. The summed E-state index contributed by atoms with van der Waals surface area (Å²) in [4.78, 5) is 25.8. The van der Waals surface area contributed by atoms with Gasteiger partial charge in [0, 0.05) is 16.3 Å². The molecule has 0 bridgehead atoms. The number of aryl methyl sites for hydroxylation is 2. The largest absolute Gasteiger partial charge is 0.298 e. The molecule has 0 aromatic heterocycles. The topological polar surface area (TPSA) is 34.1 Å². The van der Waals surface area contributed by atoms with Crippen LogP contribution in [0.1, 0.15) is 48.8 Å². The molecule has 0 radical (unpaired) electrons. The van der Waals surface area contributed by atoms with E-state index in [9.17, 15) is 9.59 Å². The van der Waals surface area contributed by atoms with E-state index in [1.807, 2.05) is 26.0 Å². The quantitative estimate of drug-likeness (QED) is 0.706. The summed E-state index contributed by atoms with van der Waals surface area (Å²) in [5.41, 5.74) is 3.04. The maximum absolute atomic E-state index is 12.9. The summed E-state index contributed by atoms with van der Waals surface area (Å²) >= 11 is 3.49. The molecule has 0 saturated heterocycles. The van der Waals surface area contributed by atoms with Crippen molar-refractivity contribution in [3.05, 3.63) is 33.3 Å². The number of benzene rings is 1. The van der Waals surface area contributed by atoms with Crippen molar-refractivity contribution in [3.8, 4) is 0 Å². The minimum atomic E-state index is -0.520. The van der Waals surface area contributed by atoms with Gasteiger partial charge in [0.05, 0.1) is 0 Å². The summed E-state index contributed by atoms with van der Waals surface area (Å²) in [5, 5.41) is 0. The van der Waals surface area contributed by atoms with Gasteiger partial charge in [-0.3, -0.25) is 9.59 Å². The van der Waals surface area contributed by atoms with Crippen molar-refractivity contribution in [1.29, 1.82) is 0 Å². The van der Waals surface area contributed by atoms with Crippen LogP contribution in [0.2, 0.25) is 0 Å². The molecule has 0 aliphatic heterocycles. The van der Waals surface area contributed by atoms with E-state index >= 15 is 0 Å². The van der Waals surface area contributed by atoms with Gasteiger partial charge in [0.2, 0.25) is 0 Å². The third-order valence-corrected chi connectivity index (χ3v) is 5.79. The zero-order chi connectivity index (χ0) is 15.3. The lowest BCUT2D eigenvalue weighted by molar-refractivity contribution is -0.125. The Kier molecular flexibility index (Phi) is 3.81. The second-order valence-electron chi connectivity index (χ2n) is 6.73. The summed E-state index contributed by atoms with van der Waals surface area (Å²) < 4.78 is 1.00. The van der Waals surface area contributed by atoms with Crippen LogP contribution in [-0.4, -0.2) is 11.6 Å². The second kappa shape index (κ2) is 5.35. The number of ketones is 2. The molecule has 3 rings (SSSR count). The summed E-state index contributed by atoms with van der Waals surface area (Å²) in [6, 6.07) is 4.02. The molecule has 112 valence electrons. The van der Waals surface area contributed by atoms with Crippen molar-refractivity contribution < 1.29 is 9.59 Å². The highest BCUT2D eigenvalue weighted by Gasteiger charge is 2.53. The Morgan fingerprint density at radius 2 is 1.67 bits per heavy atom. The van der Waals surface area contributed by atoms with Crippen LogP contribution < -0.4 is 0 Å². The smallest absolute Gasteiger partial charge is 0.151 e. The summed E-state index contributed by atoms with van der Waals surface area (Å²) in [6.07, 6.45) is 3.04. The number of carbonyl (C=O) groups is 2. The van der Waals surface area contributed by atoms with Gasteiger partial charge in [-0.15, -0.1) is 0 Å². The number of carbonyl (C=O) groups excluding carboxylic acids is 2. The molecule has 2 aliphatic rings. The van der Waals surface area contributed by atoms with Crippen molar-refractivity contribution in [2.75, 3.05) is 0 Å². The van der Waals surface area contributed by atoms with E-state index in [2.05, 4.69) is 22.9 Å². The standard InChI is InChI=1S/C18H21BrO2/c1-9-5-4-6-13-15(9)18(21)16(17(13)20)14-10(2)7-12(19)8-11(14)3/h7-9,13,15-16H,4-6H2,1-3H3. The van der Waals surface area contributed by atoms with E-state index in [0.717, 1.165) is 40.4 Å². The molecule has 2 aliphatic carbocycles. The molecular formula is C18H21BrO2. The molecule has 3 heteroatoms. The number of halogens is 1. The van der Waals surface area contributed by atoms with Crippen LogP contribution in [0.5, 0.6) is 0 Å². The highest BCUT2D eigenvalue weighted by Crippen LogP contribution is 2.48. The Bertz CT molecular complexity index is 597. The zero-order valence-electron chi connectivity index (χ0n) is 12.8. The molecule has 21 heavy (non-hydrogen) atoms. The first kappa shape index (κ1) is 15.0. The van der Waals surface area contributed by atoms with Gasteiger partial charge in [-0.05, 0) is 61.4 Å². The van der Waals surface area contributed by atoms with Crippen LogP contribution >= 0.6 is 15.9 Å². The van der Waals surface area contributed by atoms with Crippen LogP contribution in [-0.2, 0) is 9.59 Å². The van der Waals surface area contributed by atoms with Crippen LogP contribution in [0, 0.1) is 31.6 Å². The normalized spacial score (nSPS) is 32.4. The highest BCUT2D eigenvalue weighted by atomic mass is 79.9. The van der Waals surface area contributed by atoms with E-state index in [1.165, 1.54) is 0 Å². The fraction of sp³-hybridized carbons (Fsp3) is 0.556. The first-order valence-electron chi connectivity index (χ1n) is 7.76. The number of fused-ring (bicyclic) bond motifs is 1. The van der Waals surface area contributed by atoms with Crippen molar-refractivity contribution in [2.24, 2.45) is 17.8 Å². The van der Waals surface area contributed by atoms with Crippen LogP contribution in [0.4, 0.5) is 0 Å². The molecule has 2 fully saturated rings. The average molecular weight is 349 g/mol. The minimum absolute atomic E-state index is 0.0336. The van der Waals surface area contributed by atoms with Crippen molar-refractivity contribution in [1.82, 2.24) is 0 Å². The number of hydrogen-bond acceptors (Lipinski definition) is 2. The Morgan fingerprint density at radius 3 is 2.24 bits per heavy atom. The monoisotopic (exact) mass is 348 g/mol. The van der Waals surface area contributed by atoms with E-state index in [-0.39, 0.29) is 23.4 Å². The zero-order valence-corrected chi connectivity index (χ0v) is 14.4. The van der Waals surface area contributed by atoms with Gasteiger partial charge in [-0.25, -0.2) is 0 Å². The second-order valence-corrected chi connectivity index (χ2v) is 7.65. The molecule has 1 aromatic rings. The molecule has 2 saturated carbocycles. The Morgan fingerprint density at radius 1 is 1.05 bits per heavy atom. The highest BCUT2D eigenvalue weighted by molar-refractivity contribution is 9.10. The summed E-state index contributed by atoms with van der Waals surface area (Å²) in [7, 11) is 0. The molecule has 2 nitrogen and oxygen atoms in total. The predicted octanol–water partition coefficient (Wildman–Crippen LogP) is 4.35. The lowest BCUT2D eigenvalue weighted by Crippen LogP contribution is -2.28. The maximum atomic E-state index is 12.9.